The minimum absolute atomic E-state index is 0.00462. The number of imidazole rings is 1. The van der Waals surface area contributed by atoms with Crippen molar-refractivity contribution in [1.82, 2.24) is 9.55 Å². The molecule has 0 radical (unpaired) electrons. The standard InChI is InChI=1S/C27H26ClN3O2/c1-18-10-11-25(19(2)14-18)33-13-12-30-24-9-4-3-8-23(24)29-27(30)20-15-26(32)31(17-20)22-7-5-6-21(28)16-22/h3-11,14,16,20H,12-13,15,17H2,1-2H3/t20-/m1/s1. The number of aryl methyl sites for hydroxylation is 2. The van der Waals surface area contributed by atoms with Crippen LogP contribution < -0.4 is 9.64 Å². The predicted octanol–water partition coefficient (Wildman–Crippen LogP) is 5.91. The fourth-order valence-electron chi connectivity index (χ4n) is 4.62. The maximum atomic E-state index is 12.9. The van der Waals surface area contributed by atoms with E-state index in [4.69, 9.17) is 21.3 Å². The van der Waals surface area contributed by atoms with E-state index < -0.39 is 0 Å². The molecule has 5 rings (SSSR count). The lowest BCUT2D eigenvalue weighted by Crippen LogP contribution is -2.24. The Kier molecular flexibility index (Phi) is 5.81. The number of ether oxygens (including phenoxy) is 1. The first-order valence-corrected chi connectivity index (χ1v) is 11.6. The molecule has 33 heavy (non-hydrogen) atoms. The van der Waals surface area contributed by atoms with Crippen LogP contribution in [0.25, 0.3) is 11.0 Å². The van der Waals surface area contributed by atoms with Crippen molar-refractivity contribution in [2.75, 3.05) is 18.1 Å². The lowest BCUT2D eigenvalue weighted by Gasteiger charge is -2.18. The van der Waals surface area contributed by atoms with E-state index in [0.29, 0.717) is 31.1 Å². The molecule has 1 saturated heterocycles. The highest BCUT2D eigenvalue weighted by Gasteiger charge is 2.34. The molecule has 0 bridgehead atoms. The third kappa shape index (κ3) is 4.33. The second-order valence-electron chi connectivity index (χ2n) is 8.61. The third-order valence-electron chi connectivity index (χ3n) is 6.20. The summed E-state index contributed by atoms with van der Waals surface area (Å²) in [5.74, 6) is 1.92. The number of nitrogens with zero attached hydrogens (tertiary/aromatic N) is 3. The maximum Gasteiger partial charge on any atom is 0.227 e. The summed E-state index contributed by atoms with van der Waals surface area (Å²) >= 11 is 6.16. The molecule has 6 heteroatoms. The molecule has 0 saturated carbocycles. The van der Waals surface area contributed by atoms with Crippen LogP contribution in [0.1, 0.15) is 29.3 Å². The van der Waals surface area contributed by atoms with E-state index in [0.717, 1.165) is 33.9 Å². The van der Waals surface area contributed by atoms with Crippen molar-refractivity contribution in [1.29, 1.82) is 0 Å². The summed E-state index contributed by atoms with van der Waals surface area (Å²) in [6.45, 7) is 5.91. The van der Waals surface area contributed by atoms with E-state index in [1.807, 2.05) is 53.4 Å². The zero-order chi connectivity index (χ0) is 22.9. The molecule has 5 nitrogen and oxygen atoms in total. The van der Waals surface area contributed by atoms with Gasteiger partial charge in [-0.3, -0.25) is 4.79 Å². The van der Waals surface area contributed by atoms with Crippen molar-refractivity contribution in [2.45, 2.75) is 32.7 Å². The van der Waals surface area contributed by atoms with Crippen LogP contribution in [0.4, 0.5) is 5.69 Å². The molecule has 0 spiro atoms. The summed E-state index contributed by atoms with van der Waals surface area (Å²) < 4.78 is 8.32. The molecule has 1 aliphatic heterocycles. The fraction of sp³-hybridized carbons (Fsp3) is 0.259. The first-order valence-electron chi connectivity index (χ1n) is 11.2. The second-order valence-corrected chi connectivity index (χ2v) is 9.05. The first kappa shape index (κ1) is 21.5. The van der Waals surface area contributed by atoms with Gasteiger partial charge in [0.1, 0.15) is 18.2 Å². The highest BCUT2D eigenvalue weighted by molar-refractivity contribution is 6.30. The van der Waals surface area contributed by atoms with Crippen LogP contribution in [0.2, 0.25) is 5.02 Å². The number of rotatable bonds is 6. The highest BCUT2D eigenvalue weighted by Crippen LogP contribution is 2.34. The van der Waals surface area contributed by atoms with Gasteiger partial charge in [-0.2, -0.15) is 0 Å². The van der Waals surface area contributed by atoms with Crippen molar-refractivity contribution in [3.8, 4) is 5.75 Å². The summed E-state index contributed by atoms with van der Waals surface area (Å²) in [5, 5.41) is 0.625. The van der Waals surface area contributed by atoms with Crippen LogP contribution in [0.3, 0.4) is 0 Å². The zero-order valence-corrected chi connectivity index (χ0v) is 19.5. The average Bonchev–Trinajstić information content (AvgIpc) is 3.36. The van der Waals surface area contributed by atoms with Gasteiger partial charge in [0.2, 0.25) is 5.91 Å². The number of aromatic nitrogens is 2. The number of para-hydroxylation sites is 2. The summed E-state index contributed by atoms with van der Waals surface area (Å²) in [4.78, 5) is 19.6. The number of carbonyl (C=O) groups excluding carboxylic acids is 1. The van der Waals surface area contributed by atoms with Gasteiger partial charge in [-0.1, -0.05) is 47.5 Å². The third-order valence-corrected chi connectivity index (χ3v) is 6.43. The largest absolute Gasteiger partial charge is 0.491 e. The van der Waals surface area contributed by atoms with Crippen LogP contribution in [0.15, 0.2) is 66.7 Å². The molecule has 1 fully saturated rings. The number of anilines is 1. The van der Waals surface area contributed by atoms with Crippen molar-refractivity contribution >= 4 is 34.2 Å². The molecule has 4 aromatic rings. The Hall–Kier alpha value is -3.31. The molecule has 1 aliphatic rings. The molecule has 168 valence electrons. The molecule has 3 aromatic carbocycles. The number of benzene rings is 3. The maximum absolute atomic E-state index is 12.9. The van der Waals surface area contributed by atoms with Crippen LogP contribution in [-0.2, 0) is 11.3 Å². The Morgan fingerprint density at radius 1 is 1.06 bits per heavy atom. The van der Waals surface area contributed by atoms with Gasteiger partial charge < -0.3 is 14.2 Å². The number of halogens is 1. The van der Waals surface area contributed by atoms with Gasteiger partial charge in [0.05, 0.1) is 17.6 Å². The molecule has 1 aromatic heterocycles. The van der Waals surface area contributed by atoms with Gasteiger partial charge in [0.15, 0.2) is 0 Å². The summed E-state index contributed by atoms with van der Waals surface area (Å²) in [5.41, 5.74) is 5.18. The normalized spacial score (nSPS) is 16.0. The monoisotopic (exact) mass is 459 g/mol. The number of fused-ring (bicyclic) bond motifs is 1. The minimum Gasteiger partial charge on any atom is -0.491 e. The molecular formula is C27H26ClN3O2. The SMILES string of the molecule is Cc1ccc(OCCn2c([C@@H]3CC(=O)N(c4cccc(Cl)c4)C3)nc3ccccc32)c(C)c1. The van der Waals surface area contributed by atoms with Crippen LogP contribution >= 0.6 is 11.6 Å². The van der Waals surface area contributed by atoms with E-state index in [9.17, 15) is 4.79 Å². The Bertz CT molecular complexity index is 1330. The van der Waals surface area contributed by atoms with Crippen LogP contribution in [0, 0.1) is 13.8 Å². The molecule has 0 unspecified atom stereocenters. The number of carbonyl (C=O) groups is 1. The molecule has 1 atom stereocenters. The second kappa shape index (κ2) is 8.91. The summed E-state index contributed by atoms with van der Waals surface area (Å²) in [6, 6.07) is 21.8. The van der Waals surface area contributed by atoms with E-state index in [-0.39, 0.29) is 11.8 Å². The number of amides is 1. The van der Waals surface area contributed by atoms with Gasteiger partial charge in [-0.05, 0) is 55.8 Å². The van der Waals surface area contributed by atoms with Crippen molar-refractivity contribution in [3.63, 3.8) is 0 Å². The fourth-order valence-corrected chi connectivity index (χ4v) is 4.81. The molecule has 0 aliphatic carbocycles. The van der Waals surface area contributed by atoms with Crippen molar-refractivity contribution in [3.05, 3.63) is 88.7 Å². The Labute approximate surface area is 198 Å². The van der Waals surface area contributed by atoms with Gasteiger partial charge in [-0.15, -0.1) is 0 Å². The molecule has 2 heterocycles. The Balaban J connectivity index is 1.40. The molecule has 0 N–H and O–H groups in total. The first-order chi connectivity index (χ1) is 16.0. The van der Waals surface area contributed by atoms with Crippen LogP contribution in [-0.4, -0.2) is 28.6 Å². The average molecular weight is 460 g/mol. The van der Waals surface area contributed by atoms with Crippen LogP contribution in [0.5, 0.6) is 5.75 Å². The van der Waals surface area contributed by atoms with Gasteiger partial charge in [0.25, 0.3) is 0 Å². The quantitative estimate of drug-likeness (QED) is 0.360. The van der Waals surface area contributed by atoms with Crippen molar-refractivity contribution < 1.29 is 9.53 Å². The Morgan fingerprint density at radius 3 is 2.73 bits per heavy atom. The lowest BCUT2D eigenvalue weighted by atomic mass is 10.1. The Morgan fingerprint density at radius 2 is 1.91 bits per heavy atom. The van der Waals surface area contributed by atoms with E-state index in [1.54, 1.807) is 0 Å². The van der Waals surface area contributed by atoms with Gasteiger partial charge in [-0.25, -0.2) is 4.98 Å². The van der Waals surface area contributed by atoms with Gasteiger partial charge in [0, 0.05) is 29.6 Å². The zero-order valence-electron chi connectivity index (χ0n) is 18.8. The van der Waals surface area contributed by atoms with E-state index >= 15 is 0 Å². The summed E-state index contributed by atoms with van der Waals surface area (Å²) in [6.07, 6.45) is 0.424. The molecule has 1 amide bonds. The lowest BCUT2D eigenvalue weighted by molar-refractivity contribution is -0.117. The molecular weight excluding hydrogens is 434 g/mol. The number of hydrogen-bond acceptors (Lipinski definition) is 3. The summed E-state index contributed by atoms with van der Waals surface area (Å²) in [7, 11) is 0. The van der Waals surface area contributed by atoms with E-state index in [1.165, 1.54) is 5.56 Å². The van der Waals surface area contributed by atoms with Gasteiger partial charge >= 0.3 is 0 Å². The van der Waals surface area contributed by atoms with E-state index in [2.05, 4.69) is 36.6 Å². The smallest absolute Gasteiger partial charge is 0.227 e. The van der Waals surface area contributed by atoms with Crippen molar-refractivity contribution in [2.24, 2.45) is 0 Å². The minimum atomic E-state index is 0.00462. The predicted molar refractivity (Wildman–Crippen MR) is 132 cm³/mol. The topological polar surface area (TPSA) is 47.4 Å². The highest BCUT2D eigenvalue weighted by atomic mass is 35.5. The number of hydrogen-bond donors (Lipinski definition) is 0.